The summed E-state index contributed by atoms with van der Waals surface area (Å²) in [4.78, 5) is 8.80. The number of rotatable bonds is 2. The number of imidazole rings is 1. The molecule has 0 spiro atoms. The molecule has 2 aromatic heterocycles. The highest BCUT2D eigenvalue weighted by Crippen LogP contribution is 2.20. The van der Waals surface area contributed by atoms with Gasteiger partial charge in [-0.3, -0.25) is 0 Å². The van der Waals surface area contributed by atoms with E-state index in [1.54, 1.807) is 11.3 Å². The molecule has 0 aliphatic rings. The zero-order valence-electron chi connectivity index (χ0n) is 10.2. The summed E-state index contributed by atoms with van der Waals surface area (Å²) in [7, 11) is 0. The minimum absolute atomic E-state index is 0.767. The first kappa shape index (κ1) is 11.6. The van der Waals surface area contributed by atoms with Crippen molar-refractivity contribution in [2.24, 2.45) is 0 Å². The smallest absolute Gasteiger partial charge is 0.178 e. The molecule has 0 saturated carbocycles. The molecule has 0 fully saturated rings. The van der Waals surface area contributed by atoms with Crippen LogP contribution in [0.2, 0.25) is 0 Å². The average molecular weight is 275 g/mol. The van der Waals surface area contributed by atoms with E-state index in [-0.39, 0.29) is 0 Å². The largest absolute Gasteiger partial charge is 0.331 e. The number of hydrogen-bond acceptors (Lipinski definition) is 3. The van der Waals surface area contributed by atoms with Crippen LogP contribution < -0.4 is 0 Å². The molecule has 3 aromatic rings. The van der Waals surface area contributed by atoms with Crippen molar-refractivity contribution < 1.29 is 0 Å². The Kier molecular flexibility index (Phi) is 2.80. The van der Waals surface area contributed by atoms with Crippen LogP contribution in [-0.4, -0.2) is 14.5 Å². The molecule has 0 radical (unpaired) electrons. The number of hydrogen-bond donors (Lipinski definition) is 1. The first-order valence-electron chi connectivity index (χ1n) is 5.73. The van der Waals surface area contributed by atoms with Gasteiger partial charge in [0.05, 0.1) is 28.8 Å². The number of H-pyrrole nitrogens is 1. The monoisotopic (exact) mass is 275 g/mol. The fourth-order valence-corrected chi connectivity index (χ4v) is 3.09. The Labute approximate surface area is 114 Å². The van der Waals surface area contributed by atoms with Gasteiger partial charge in [0.2, 0.25) is 0 Å². The number of benzene rings is 1. The first-order chi connectivity index (χ1) is 8.65. The van der Waals surface area contributed by atoms with E-state index in [1.807, 2.05) is 12.4 Å². The van der Waals surface area contributed by atoms with Gasteiger partial charge >= 0.3 is 0 Å². The Hall–Kier alpha value is -1.46. The molecular formula is C13H13N3S2. The maximum absolute atomic E-state index is 5.40. The fourth-order valence-electron chi connectivity index (χ4n) is 2.06. The molecule has 2 heterocycles. The number of aromatic nitrogens is 3. The highest BCUT2D eigenvalue weighted by Gasteiger charge is 2.08. The van der Waals surface area contributed by atoms with Crippen molar-refractivity contribution in [3.63, 3.8) is 0 Å². The van der Waals surface area contributed by atoms with Gasteiger partial charge < -0.3 is 9.55 Å². The molecule has 0 unspecified atom stereocenters. The lowest BCUT2D eigenvalue weighted by Gasteiger charge is -2.03. The van der Waals surface area contributed by atoms with Crippen LogP contribution in [0.1, 0.15) is 16.1 Å². The molecule has 0 atom stereocenters. The Morgan fingerprint density at radius 2 is 2.22 bits per heavy atom. The van der Waals surface area contributed by atoms with Gasteiger partial charge in [-0.15, -0.1) is 11.3 Å². The highest BCUT2D eigenvalue weighted by atomic mass is 32.1. The predicted octanol–water partition coefficient (Wildman–Crippen LogP) is 3.82. The summed E-state index contributed by atoms with van der Waals surface area (Å²) >= 11 is 7.08. The topological polar surface area (TPSA) is 33.6 Å². The van der Waals surface area contributed by atoms with E-state index in [4.69, 9.17) is 12.2 Å². The van der Waals surface area contributed by atoms with Gasteiger partial charge in [-0.05, 0) is 43.8 Å². The molecule has 0 amide bonds. The summed E-state index contributed by atoms with van der Waals surface area (Å²) in [5, 5.41) is 0. The SMILES string of the molecule is Cc1ccc2c(c1)[nH]c(=S)n2Cc1scnc1C. The van der Waals surface area contributed by atoms with Crippen LogP contribution in [-0.2, 0) is 6.54 Å². The van der Waals surface area contributed by atoms with Crippen molar-refractivity contribution in [3.8, 4) is 0 Å². The quantitative estimate of drug-likeness (QED) is 0.721. The van der Waals surface area contributed by atoms with Crippen molar-refractivity contribution in [1.29, 1.82) is 0 Å². The average Bonchev–Trinajstić information content (AvgIpc) is 2.85. The molecule has 0 saturated heterocycles. The molecule has 18 heavy (non-hydrogen) atoms. The maximum Gasteiger partial charge on any atom is 0.178 e. The molecule has 5 heteroatoms. The van der Waals surface area contributed by atoms with Gasteiger partial charge in [-0.1, -0.05) is 6.07 Å². The lowest BCUT2D eigenvalue weighted by atomic mass is 10.2. The standard InChI is InChI=1S/C13H13N3S2/c1-8-3-4-11-10(5-8)15-13(17)16(11)6-12-9(2)14-7-18-12/h3-5,7H,6H2,1-2H3,(H,15,17). The number of aryl methyl sites for hydroxylation is 2. The van der Waals surface area contributed by atoms with Crippen molar-refractivity contribution in [2.45, 2.75) is 20.4 Å². The number of fused-ring (bicyclic) bond motifs is 1. The third kappa shape index (κ3) is 1.89. The predicted molar refractivity (Wildman–Crippen MR) is 77.8 cm³/mol. The lowest BCUT2D eigenvalue weighted by Crippen LogP contribution is -1.99. The molecule has 3 rings (SSSR count). The van der Waals surface area contributed by atoms with E-state index in [1.165, 1.54) is 10.4 Å². The van der Waals surface area contributed by atoms with Gasteiger partial charge in [0.1, 0.15) is 0 Å². The van der Waals surface area contributed by atoms with Crippen LogP contribution in [0.4, 0.5) is 0 Å². The van der Waals surface area contributed by atoms with E-state index < -0.39 is 0 Å². The fraction of sp³-hybridized carbons (Fsp3) is 0.231. The summed E-state index contributed by atoms with van der Waals surface area (Å²) in [6.45, 7) is 4.91. The highest BCUT2D eigenvalue weighted by molar-refractivity contribution is 7.71. The minimum atomic E-state index is 0.767. The molecule has 1 N–H and O–H groups in total. The van der Waals surface area contributed by atoms with Crippen molar-refractivity contribution >= 4 is 34.6 Å². The van der Waals surface area contributed by atoms with Crippen LogP contribution in [0.25, 0.3) is 11.0 Å². The second-order valence-electron chi connectivity index (χ2n) is 4.40. The second-order valence-corrected chi connectivity index (χ2v) is 5.72. The normalized spacial score (nSPS) is 11.2. The summed E-state index contributed by atoms with van der Waals surface area (Å²) in [5.41, 5.74) is 6.46. The summed E-state index contributed by atoms with van der Waals surface area (Å²) in [6.07, 6.45) is 0. The van der Waals surface area contributed by atoms with Gasteiger partial charge in [0, 0.05) is 4.88 Å². The molecule has 0 bridgehead atoms. The van der Waals surface area contributed by atoms with Gasteiger partial charge in [-0.2, -0.15) is 0 Å². The summed E-state index contributed by atoms with van der Waals surface area (Å²) < 4.78 is 2.90. The van der Waals surface area contributed by atoms with E-state index in [0.29, 0.717) is 0 Å². The Bertz CT molecular complexity index is 764. The zero-order chi connectivity index (χ0) is 12.7. The van der Waals surface area contributed by atoms with Crippen LogP contribution >= 0.6 is 23.6 Å². The van der Waals surface area contributed by atoms with Gasteiger partial charge in [0.25, 0.3) is 0 Å². The summed E-state index contributed by atoms with van der Waals surface area (Å²) in [5.74, 6) is 0. The van der Waals surface area contributed by atoms with Crippen molar-refractivity contribution in [3.05, 3.63) is 44.6 Å². The number of nitrogens with zero attached hydrogens (tertiary/aromatic N) is 2. The van der Waals surface area contributed by atoms with Gasteiger partial charge in [-0.25, -0.2) is 4.98 Å². The van der Waals surface area contributed by atoms with Crippen molar-refractivity contribution in [2.75, 3.05) is 0 Å². The lowest BCUT2D eigenvalue weighted by molar-refractivity contribution is 0.815. The molecule has 0 aliphatic heterocycles. The zero-order valence-corrected chi connectivity index (χ0v) is 11.9. The van der Waals surface area contributed by atoms with Gasteiger partial charge in [0.15, 0.2) is 4.77 Å². The second kappa shape index (κ2) is 4.33. The van der Waals surface area contributed by atoms with Crippen LogP contribution in [0.3, 0.4) is 0 Å². The Balaban J connectivity index is 2.15. The molecule has 92 valence electrons. The maximum atomic E-state index is 5.40. The third-order valence-electron chi connectivity index (χ3n) is 3.08. The minimum Gasteiger partial charge on any atom is -0.331 e. The third-order valence-corrected chi connectivity index (χ3v) is 4.32. The number of nitrogens with one attached hydrogen (secondary N) is 1. The molecule has 0 aliphatic carbocycles. The van der Waals surface area contributed by atoms with E-state index >= 15 is 0 Å². The molecular weight excluding hydrogens is 262 g/mol. The number of thiazole rings is 1. The van der Waals surface area contributed by atoms with Crippen LogP contribution in [0.15, 0.2) is 23.7 Å². The molecule has 1 aromatic carbocycles. The first-order valence-corrected chi connectivity index (χ1v) is 7.02. The van der Waals surface area contributed by atoms with Crippen LogP contribution in [0, 0.1) is 18.6 Å². The Morgan fingerprint density at radius 3 is 2.94 bits per heavy atom. The summed E-state index contributed by atoms with van der Waals surface area (Å²) in [6, 6.07) is 6.36. The van der Waals surface area contributed by atoms with Crippen molar-refractivity contribution in [1.82, 2.24) is 14.5 Å². The van der Waals surface area contributed by atoms with E-state index in [0.717, 1.165) is 28.0 Å². The van der Waals surface area contributed by atoms with Crippen LogP contribution in [0.5, 0.6) is 0 Å². The van der Waals surface area contributed by atoms with E-state index in [9.17, 15) is 0 Å². The molecule has 3 nitrogen and oxygen atoms in total. The Morgan fingerprint density at radius 1 is 1.39 bits per heavy atom. The van der Waals surface area contributed by atoms with E-state index in [2.05, 4.69) is 39.7 Å². The number of aromatic amines is 1.